The lowest BCUT2D eigenvalue weighted by atomic mass is 10.4. The fourth-order valence-corrected chi connectivity index (χ4v) is 3.37. The zero-order valence-electron chi connectivity index (χ0n) is 6.49. The molecule has 1 atom stereocenters. The van der Waals surface area contributed by atoms with Crippen molar-refractivity contribution < 1.29 is 9.53 Å². The molecule has 2 rings (SSSR count). The zero-order chi connectivity index (χ0) is 8.39. The van der Waals surface area contributed by atoms with E-state index in [1.54, 1.807) is 23.5 Å². The van der Waals surface area contributed by atoms with E-state index in [4.69, 9.17) is 4.74 Å². The molecule has 12 heavy (non-hydrogen) atoms. The summed E-state index contributed by atoms with van der Waals surface area (Å²) in [4.78, 5) is 15.0. The number of esters is 1. The minimum absolute atomic E-state index is 0.0731. The van der Waals surface area contributed by atoms with Crippen molar-refractivity contribution in [3.63, 3.8) is 0 Å². The summed E-state index contributed by atoms with van der Waals surface area (Å²) < 4.78 is 5.98. The second kappa shape index (κ2) is 3.70. The SMILES string of the molecule is O=C1C[C@H](SC2=NCCS2)CO1. The molecule has 0 saturated carbocycles. The predicted molar refractivity (Wildman–Crippen MR) is 51.7 cm³/mol. The van der Waals surface area contributed by atoms with E-state index in [1.807, 2.05) is 0 Å². The first-order chi connectivity index (χ1) is 5.84. The molecule has 5 heteroatoms. The first-order valence-corrected chi connectivity index (χ1v) is 5.70. The van der Waals surface area contributed by atoms with Crippen molar-refractivity contribution in [1.82, 2.24) is 0 Å². The molecule has 1 fully saturated rings. The summed E-state index contributed by atoms with van der Waals surface area (Å²) in [5.41, 5.74) is 0. The van der Waals surface area contributed by atoms with Gasteiger partial charge < -0.3 is 4.74 Å². The Hall–Kier alpha value is -0.160. The molecule has 66 valence electrons. The van der Waals surface area contributed by atoms with Crippen LogP contribution in [0.15, 0.2) is 4.99 Å². The van der Waals surface area contributed by atoms with Crippen molar-refractivity contribution in [3.05, 3.63) is 0 Å². The molecule has 0 radical (unpaired) electrons. The van der Waals surface area contributed by atoms with E-state index in [9.17, 15) is 4.79 Å². The van der Waals surface area contributed by atoms with Crippen molar-refractivity contribution >= 4 is 33.9 Å². The maximum Gasteiger partial charge on any atom is 0.307 e. The highest BCUT2D eigenvalue weighted by atomic mass is 32.2. The van der Waals surface area contributed by atoms with Crippen LogP contribution in [0.5, 0.6) is 0 Å². The third kappa shape index (κ3) is 1.95. The number of rotatable bonds is 1. The molecule has 0 spiro atoms. The Bertz CT molecular complexity index is 229. The van der Waals surface area contributed by atoms with Gasteiger partial charge in [-0.05, 0) is 0 Å². The first kappa shape index (κ1) is 8.44. The van der Waals surface area contributed by atoms with Crippen LogP contribution in [-0.2, 0) is 9.53 Å². The third-order valence-electron chi connectivity index (χ3n) is 1.65. The van der Waals surface area contributed by atoms with Crippen LogP contribution in [0.3, 0.4) is 0 Å². The maximum atomic E-state index is 10.7. The van der Waals surface area contributed by atoms with E-state index >= 15 is 0 Å². The Labute approximate surface area is 79.3 Å². The van der Waals surface area contributed by atoms with Crippen molar-refractivity contribution in [3.8, 4) is 0 Å². The van der Waals surface area contributed by atoms with Gasteiger partial charge in [0.25, 0.3) is 0 Å². The summed E-state index contributed by atoms with van der Waals surface area (Å²) >= 11 is 3.46. The quantitative estimate of drug-likeness (QED) is 0.599. The average molecular weight is 203 g/mol. The Morgan fingerprint density at radius 3 is 3.17 bits per heavy atom. The predicted octanol–water partition coefficient (Wildman–Crippen LogP) is 1.14. The number of aliphatic imine (C=N–C) groups is 1. The van der Waals surface area contributed by atoms with E-state index in [1.165, 1.54) is 0 Å². The second-order valence-electron chi connectivity index (χ2n) is 2.62. The van der Waals surface area contributed by atoms with Crippen molar-refractivity contribution in [2.24, 2.45) is 4.99 Å². The molecule has 0 bridgehead atoms. The minimum Gasteiger partial charge on any atom is -0.464 e. The third-order valence-corrected chi connectivity index (χ3v) is 4.02. The van der Waals surface area contributed by atoms with E-state index in [-0.39, 0.29) is 5.97 Å². The second-order valence-corrected chi connectivity index (χ2v) is 5.25. The molecule has 0 aromatic heterocycles. The number of thioether (sulfide) groups is 2. The molecule has 0 aliphatic carbocycles. The number of cyclic esters (lactones) is 1. The normalized spacial score (nSPS) is 28.8. The van der Waals surface area contributed by atoms with Crippen LogP contribution in [0.4, 0.5) is 0 Å². The summed E-state index contributed by atoms with van der Waals surface area (Å²) in [6, 6.07) is 0. The molecular formula is C7H9NO2S2. The number of ether oxygens (including phenoxy) is 1. The fraction of sp³-hybridized carbons (Fsp3) is 0.714. The molecule has 0 amide bonds. The van der Waals surface area contributed by atoms with Gasteiger partial charge in [-0.1, -0.05) is 23.5 Å². The summed E-state index contributed by atoms with van der Waals surface area (Å²) in [7, 11) is 0. The molecule has 0 aromatic carbocycles. The van der Waals surface area contributed by atoms with Crippen molar-refractivity contribution in [1.29, 1.82) is 0 Å². The van der Waals surface area contributed by atoms with Crippen molar-refractivity contribution in [2.45, 2.75) is 11.7 Å². The summed E-state index contributed by atoms with van der Waals surface area (Å²) in [6.45, 7) is 1.48. The van der Waals surface area contributed by atoms with Gasteiger partial charge in [0.15, 0.2) is 0 Å². The fourth-order valence-electron chi connectivity index (χ4n) is 1.09. The lowest BCUT2D eigenvalue weighted by molar-refractivity contribution is -0.137. The smallest absolute Gasteiger partial charge is 0.307 e. The monoisotopic (exact) mass is 203 g/mol. The lowest BCUT2D eigenvalue weighted by Gasteiger charge is -2.03. The molecule has 3 nitrogen and oxygen atoms in total. The highest BCUT2D eigenvalue weighted by molar-refractivity contribution is 8.39. The zero-order valence-corrected chi connectivity index (χ0v) is 8.12. The van der Waals surface area contributed by atoms with Gasteiger partial charge in [-0.25, -0.2) is 0 Å². The van der Waals surface area contributed by atoms with Crippen LogP contribution in [0.2, 0.25) is 0 Å². The van der Waals surface area contributed by atoms with Crippen molar-refractivity contribution in [2.75, 3.05) is 18.9 Å². The summed E-state index contributed by atoms with van der Waals surface area (Å²) in [5.74, 6) is 1.01. The Kier molecular flexibility index (Phi) is 2.60. The first-order valence-electron chi connectivity index (χ1n) is 3.84. The van der Waals surface area contributed by atoms with Crippen LogP contribution in [0.1, 0.15) is 6.42 Å². The standard InChI is InChI=1S/C7H9NO2S2/c9-6-3-5(4-10-6)12-7-8-1-2-11-7/h5H,1-4H2/t5-/m0/s1. The van der Waals surface area contributed by atoms with Gasteiger partial charge in [0.05, 0.1) is 18.2 Å². The lowest BCUT2D eigenvalue weighted by Crippen LogP contribution is -2.03. The van der Waals surface area contributed by atoms with Gasteiger partial charge in [0.1, 0.15) is 11.0 Å². The van der Waals surface area contributed by atoms with E-state index in [2.05, 4.69) is 4.99 Å². The molecule has 2 aliphatic heterocycles. The summed E-state index contributed by atoms with van der Waals surface area (Å²) in [5, 5.41) is 0.307. The van der Waals surface area contributed by atoms with Gasteiger partial charge in [0.2, 0.25) is 0 Å². The summed E-state index contributed by atoms with van der Waals surface area (Å²) in [6.07, 6.45) is 0.546. The molecule has 0 unspecified atom stereocenters. The Balaban J connectivity index is 1.83. The van der Waals surface area contributed by atoms with Crippen LogP contribution < -0.4 is 0 Å². The number of hydrogen-bond donors (Lipinski definition) is 0. The van der Waals surface area contributed by atoms with Gasteiger partial charge in [-0.3, -0.25) is 9.79 Å². The molecule has 1 saturated heterocycles. The van der Waals surface area contributed by atoms with Crippen LogP contribution in [0, 0.1) is 0 Å². The number of nitrogens with zero attached hydrogens (tertiary/aromatic N) is 1. The van der Waals surface area contributed by atoms with Gasteiger partial charge in [-0.15, -0.1) is 0 Å². The molecule has 0 N–H and O–H groups in total. The largest absolute Gasteiger partial charge is 0.464 e. The Morgan fingerprint density at radius 2 is 2.58 bits per heavy atom. The number of hydrogen-bond acceptors (Lipinski definition) is 5. The minimum atomic E-state index is -0.0731. The number of carbonyl (C=O) groups excluding carboxylic acids is 1. The topological polar surface area (TPSA) is 38.7 Å². The van der Waals surface area contributed by atoms with E-state index in [0.717, 1.165) is 16.7 Å². The average Bonchev–Trinajstić information content (AvgIpc) is 2.63. The Morgan fingerprint density at radius 1 is 1.67 bits per heavy atom. The number of carbonyl (C=O) groups is 1. The van der Waals surface area contributed by atoms with Gasteiger partial charge in [-0.2, -0.15) is 0 Å². The molecule has 0 aromatic rings. The molecule has 2 aliphatic rings. The van der Waals surface area contributed by atoms with Gasteiger partial charge in [0, 0.05) is 5.75 Å². The van der Waals surface area contributed by atoms with Crippen LogP contribution >= 0.6 is 23.5 Å². The van der Waals surface area contributed by atoms with Gasteiger partial charge >= 0.3 is 5.97 Å². The highest BCUT2D eigenvalue weighted by Gasteiger charge is 2.26. The molecular weight excluding hydrogens is 194 g/mol. The van der Waals surface area contributed by atoms with Crippen LogP contribution in [-0.4, -0.2) is 34.5 Å². The van der Waals surface area contributed by atoms with E-state index in [0.29, 0.717) is 18.3 Å². The van der Waals surface area contributed by atoms with Crippen LogP contribution in [0.25, 0.3) is 0 Å². The highest BCUT2D eigenvalue weighted by Crippen LogP contribution is 2.29. The molecule has 2 heterocycles. The van der Waals surface area contributed by atoms with E-state index < -0.39 is 0 Å². The maximum absolute atomic E-state index is 10.7.